The first-order valence-electron chi connectivity index (χ1n) is 7.75. The second kappa shape index (κ2) is 7.79. The zero-order valence-corrected chi connectivity index (χ0v) is 15.4. The van der Waals surface area contributed by atoms with E-state index in [2.05, 4.69) is 9.71 Å². The van der Waals surface area contributed by atoms with Gasteiger partial charge in [-0.15, -0.1) is 0 Å². The third-order valence-electron chi connectivity index (χ3n) is 3.66. The summed E-state index contributed by atoms with van der Waals surface area (Å²) in [6.07, 6.45) is -0.296. The topological polar surface area (TPSA) is 135 Å². The van der Waals surface area contributed by atoms with Gasteiger partial charge in [0.1, 0.15) is 24.1 Å². The van der Waals surface area contributed by atoms with Crippen LogP contribution in [0.2, 0.25) is 0 Å². The number of nitrogens with zero attached hydrogens (tertiary/aromatic N) is 2. The number of ether oxygens (including phenoxy) is 3. The van der Waals surface area contributed by atoms with Gasteiger partial charge in [-0.3, -0.25) is 4.57 Å². The highest BCUT2D eigenvalue weighted by molar-refractivity contribution is 7.88. The second-order valence-electron chi connectivity index (χ2n) is 6.08. The van der Waals surface area contributed by atoms with Crippen LogP contribution in [0, 0.1) is 0 Å². The molecule has 0 spiro atoms. The van der Waals surface area contributed by atoms with Crippen LogP contribution in [0.25, 0.3) is 0 Å². The van der Waals surface area contributed by atoms with E-state index in [1.165, 1.54) is 23.9 Å². The highest BCUT2D eigenvalue weighted by Crippen LogP contribution is 2.33. The molecule has 0 aliphatic carbocycles. The van der Waals surface area contributed by atoms with E-state index in [0.717, 1.165) is 6.26 Å². The van der Waals surface area contributed by atoms with Crippen molar-refractivity contribution in [3.63, 3.8) is 0 Å². The fourth-order valence-electron chi connectivity index (χ4n) is 2.68. The molecular weight excluding hydrogens is 352 g/mol. The molecule has 4 atom stereocenters. The molecule has 3 N–H and O–H groups in total. The highest BCUT2D eigenvalue weighted by atomic mass is 32.2. The third-order valence-corrected chi connectivity index (χ3v) is 4.35. The molecule has 1 saturated heterocycles. The van der Waals surface area contributed by atoms with Crippen molar-refractivity contribution in [1.29, 1.82) is 0 Å². The Bertz CT molecular complexity index is 750. The summed E-state index contributed by atoms with van der Waals surface area (Å²) in [5.74, 6) is 0.0958. The largest absolute Gasteiger partial charge is 0.383 e. The van der Waals surface area contributed by atoms with Gasteiger partial charge in [0.05, 0.1) is 12.4 Å². The molecule has 2 rings (SSSR count). The molecule has 1 aromatic rings. The van der Waals surface area contributed by atoms with Crippen molar-refractivity contribution < 1.29 is 22.6 Å². The van der Waals surface area contributed by atoms with Crippen LogP contribution in [0.1, 0.15) is 20.1 Å². The van der Waals surface area contributed by atoms with Crippen molar-refractivity contribution >= 4 is 15.8 Å². The minimum atomic E-state index is -3.41. The molecule has 10 nitrogen and oxygen atoms in total. The van der Waals surface area contributed by atoms with Gasteiger partial charge in [0, 0.05) is 19.9 Å². The number of rotatable bonds is 7. The fourth-order valence-corrected chi connectivity index (χ4v) is 3.15. The van der Waals surface area contributed by atoms with Crippen LogP contribution >= 0.6 is 0 Å². The van der Waals surface area contributed by atoms with Gasteiger partial charge in [0.2, 0.25) is 10.0 Å². The number of anilines is 1. The summed E-state index contributed by atoms with van der Waals surface area (Å²) in [6, 6.07) is 1.47. The number of hydrogen-bond donors (Lipinski definition) is 2. The normalized spacial score (nSPS) is 27.1. The zero-order chi connectivity index (χ0) is 18.8. The van der Waals surface area contributed by atoms with Crippen LogP contribution in [0.4, 0.5) is 5.82 Å². The summed E-state index contributed by atoms with van der Waals surface area (Å²) < 4.78 is 43.7. The van der Waals surface area contributed by atoms with E-state index < -0.39 is 40.3 Å². The molecule has 1 aliphatic rings. The maximum Gasteiger partial charge on any atom is 0.351 e. The zero-order valence-electron chi connectivity index (χ0n) is 14.6. The molecule has 11 heteroatoms. The first-order valence-corrected chi connectivity index (χ1v) is 9.64. The van der Waals surface area contributed by atoms with E-state index in [1.54, 1.807) is 0 Å². The second-order valence-corrected chi connectivity index (χ2v) is 7.91. The molecule has 0 amide bonds. The summed E-state index contributed by atoms with van der Waals surface area (Å²) in [5, 5.41) is 0. The quantitative estimate of drug-likeness (QED) is 0.624. The minimum absolute atomic E-state index is 0.0102. The lowest BCUT2D eigenvalue weighted by molar-refractivity contribution is -0.0785. The predicted octanol–water partition coefficient (Wildman–Crippen LogP) is -0.919. The average molecular weight is 376 g/mol. The van der Waals surface area contributed by atoms with E-state index >= 15 is 0 Å². The first kappa shape index (κ1) is 19.8. The van der Waals surface area contributed by atoms with E-state index in [0.29, 0.717) is 0 Å². The number of hydrogen-bond acceptors (Lipinski definition) is 8. The highest BCUT2D eigenvalue weighted by Gasteiger charge is 2.47. The molecule has 142 valence electrons. The molecule has 1 aliphatic heterocycles. The van der Waals surface area contributed by atoms with Gasteiger partial charge in [0.25, 0.3) is 0 Å². The van der Waals surface area contributed by atoms with Gasteiger partial charge in [-0.1, -0.05) is 0 Å². The van der Waals surface area contributed by atoms with Gasteiger partial charge in [-0.2, -0.15) is 4.98 Å². The number of nitrogens with two attached hydrogens (primary N) is 1. The van der Waals surface area contributed by atoms with Gasteiger partial charge >= 0.3 is 5.69 Å². The van der Waals surface area contributed by atoms with Crippen molar-refractivity contribution in [2.24, 2.45) is 0 Å². The molecule has 1 fully saturated rings. The standard InChI is InChI=1S/C14H24N4O6S/c1-8(2)23-11-9(7-16-25(4,20)21)24-13(12(11)22-3)18-6-5-10(15)17-14(18)19/h5-6,8-9,11-13,16H,7H2,1-4H3,(H2,15,17,19)/t9-,11-,12-,13?/m1/s1. The van der Waals surface area contributed by atoms with Crippen molar-refractivity contribution in [3.05, 3.63) is 22.7 Å². The van der Waals surface area contributed by atoms with Crippen molar-refractivity contribution in [2.45, 2.75) is 44.5 Å². The molecule has 1 unspecified atom stereocenters. The van der Waals surface area contributed by atoms with E-state index in [9.17, 15) is 13.2 Å². The maximum atomic E-state index is 12.1. The lowest BCUT2D eigenvalue weighted by Crippen LogP contribution is -2.43. The lowest BCUT2D eigenvalue weighted by atomic mass is 10.1. The number of nitrogen functional groups attached to an aromatic ring is 1. The maximum absolute atomic E-state index is 12.1. The molecule has 2 heterocycles. The molecule has 0 saturated carbocycles. The van der Waals surface area contributed by atoms with Crippen LogP contribution in [0.5, 0.6) is 0 Å². The fraction of sp³-hybridized carbons (Fsp3) is 0.714. The van der Waals surface area contributed by atoms with E-state index in [-0.39, 0.29) is 18.5 Å². The van der Waals surface area contributed by atoms with Gasteiger partial charge in [-0.05, 0) is 19.9 Å². The summed E-state index contributed by atoms with van der Waals surface area (Å²) in [5.41, 5.74) is 4.92. The lowest BCUT2D eigenvalue weighted by Gasteiger charge is -2.25. The van der Waals surface area contributed by atoms with Crippen LogP contribution < -0.4 is 16.1 Å². The van der Waals surface area contributed by atoms with Crippen molar-refractivity contribution in [2.75, 3.05) is 25.6 Å². The van der Waals surface area contributed by atoms with Crippen LogP contribution in [-0.2, 0) is 24.2 Å². The SMILES string of the molecule is CO[C@H]1C(n2ccc(N)nc2=O)O[C@H](CNS(C)(=O)=O)[C@H]1OC(C)C. The molecular formula is C14H24N4O6S. The smallest absolute Gasteiger partial charge is 0.351 e. The Hall–Kier alpha value is -1.53. The summed E-state index contributed by atoms with van der Waals surface area (Å²) in [7, 11) is -1.94. The Kier molecular flexibility index (Phi) is 6.16. The Morgan fingerprint density at radius 1 is 1.44 bits per heavy atom. The summed E-state index contributed by atoms with van der Waals surface area (Å²) in [6.45, 7) is 3.68. The Morgan fingerprint density at radius 3 is 2.64 bits per heavy atom. The Balaban J connectivity index is 2.32. The Morgan fingerprint density at radius 2 is 2.12 bits per heavy atom. The number of methoxy groups -OCH3 is 1. The third kappa shape index (κ3) is 4.98. The van der Waals surface area contributed by atoms with Gasteiger partial charge in [0.15, 0.2) is 6.23 Å². The number of sulfonamides is 1. The first-order chi connectivity index (χ1) is 11.6. The van der Waals surface area contributed by atoms with Crippen LogP contribution in [-0.4, -0.2) is 62.3 Å². The molecule has 1 aromatic heterocycles. The molecule has 0 radical (unpaired) electrons. The van der Waals surface area contributed by atoms with Crippen molar-refractivity contribution in [3.8, 4) is 0 Å². The Labute approximate surface area is 146 Å². The molecule has 0 aromatic carbocycles. The van der Waals surface area contributed by atoms with Crippen LogP contribution in [0.3, 0.4) is 0 Å². The van der Waals surface area contributed by atoms with Crippen LogP contribution in [0.15, 0.2) is 17.1 Å². The van der Waals surface area contributed by atoms with E-state index in [4.69, 9.17) is 19.9 Å². The van der Waals surface area contributed by atoms with Crippen molar-refractivity contribution in [1.82, 2.24) is 14.3 Å². The van der Waals surface area contributed by atoms with Gasteiger partial charge in [-0.25, -0.2) is 17.9 Å². The average Bonchev–Trinajstić information content (AvgIpc) is 2.81. The van der Waals surface area contributed by atoms with E-state index in [1.807, 2.05) is 13.8 Å². The number of aromatic nitrogens is 2. The summed E-state index contributed by atoms with van der Waals surface area (Å²) >= 11 is 0. The number of nitrogens with one attached hydrogen (secondary N) is 1. The predicted molar refractivity (Wildman–Crippen MR) is 90.5 cm³/mol. The minimum Gasteiger partial charge on any atom is -0.383 e. The van der Waals surface area contributed by atoms with Gasteiger partial charge < -0.3 is 19.9 Å². The monoisotopic (exact) mass is 376 g/mol. The molecule has 25 heavy (non-hydrogen) atoms. The molecule has 0 bridgehead atoms. The summed E-state index contributed by atoms with van der Waals surface area (Å²) in [4.78, 5) is 15.8.